The molecule has 1 fully saturated rings. The summed E-state index contributed by atoms with van der Waals surface area (Å²) in [6.45, 7) is 6.39. The van der Waals surface area contributed by atoms with Crippen LogP contribution in [0, 0.1) is 17.3 Å². The highest BCUT2D eigenvalue weighted by Crippen LogP contribution is 2.44. The Bertz CT molecular complexity index is 1050. The number of fused-ring (bicyclic) bond motifs is 3. The van der Waals surface area contributed by atoms with E-state index >= 15 is 0 Å². The van der Waals surface area contributed by atoms with Crippen molar-refractivity contribution >= 4 is 18.0 Å². The standard InChI is InChI=1S/C27H32N2O5/c1-4-18(24(30)29-14-17(2)27(3,16-29)25(31)32)13-28-26(33)34-15-23-21-11-7-5-9-19(21)20-10-6-8-12-22(20)23/h5-12,17-18,23H,4,13-16H2,1-3H3,(H,28,33)(H,31,32)/t17-,18?,27-/m1/s1. The number of carboxylic acid groups (broad SMARTS) is 1. The molecule has 7 nitrogen and oxygen atoms in total. The first-order valence-corrected chi connectivity index (χ1v) is 11.9. The van der Waals surface area contributed by atoms with Gasteiger partial charge in [-0.15, -0.1) is 0 Å². The molecule has 2 aromatic rings. The smallest absolute Gasteiger partial charge is 0.407 e. The number of carboxylic acids is 1. The first-order valence-electron chi connectivity index (χ1n) is 11.9. The van der Waals surface area contributed by atoms with Gasteiger partial charge in [0, 0.05) is 25.6 Å². The third-order valence-corrected chi connectivity index (χ3v) is 7.58. The molecule has 1 unspecified atom stereocenters. The summed E-state index contributed by atoms with van der Waals surface area (Å²) >= 11 is 0. The molecule has 7 heteroatoms. The fourth-order valence-electron chi connectivity index (χ4n) is 5.12. The molecule has 1 saturated heterocycles. The molecule has 2 amide bonds. The van der Waals surface area contributed by atoms with Crippen molar-refractivity contribution in [1.29, 1.82) is 0 Å². The van der Waals surface area contributed by atoms with Gasteiger partial charge in [0.1, 0.15) is 6.61 Å². The quantitative estimate of drug-likeness (QED) is 0.643. The highest BCUT2D eigenvalue weighted by atomic mass is 16.5. The summed E-state index contributed by atoms with van der Waals surface area (Å²) in [5.41, 5.74) is 3.66. The zero-order valence-corrected chi connectivity index (χ0v) is 19.9. The number of ether oxygens (including phenoxy) is 1. The maximum atomic E-state index is 13.0. The molecule has 0 saturated carbocycles. The van der Waals surface area contributed by atoms with Crippen molar-refractivity contribution in [3.8, 4) is 11.1 Å². The van der Waals surface area contributed by atoms with E-state index in [1.54, 1.807) is 11.8 Å². The minimum absolute atomic E-state index is 0.0264. The average Bonchev–Trinajstić information content (AvgIpc) is 3.33. The fourth-order valence-corrected chi connectivity index (χ4v) is 5.12. The number of amides is 2. The number of likely N-dealkylation sites (tertiary alicyclic amines) is 1. The van der Waals surface area contributed by atoms with Crippen molar-refractivity contribution in [2.24, 2.45) is 17.3 Å². The molecular weight excluding hydrogens is 432 g/mol. The summed E-state index contributed by atoms with van der Waals surface area (Å²) in [7, 11) is 0. The maximum absolute atomic E-state index is 13.0. The summed E-state index contributed by atoms with van der Waals surface area (Å²) < 4.78 is 5.57. The van der Waals surface area contributed by atoms with Crippen LogP contribution in [0.3, 0.4) is 0 Å². The highest BCUT2D eigenvalue weighted by molar-refractivity contribution is 5.83. The normalized spacial score (nSPS) is 22.1. The Labute approximate surface area is 200 Å². The van der Waals surface area contributed by atoms with Crippen molar-refractivity contribution in [3.05, 3.63) is 59.7 Å². The van der Waals surface area contributed by atoms with Crippen LogP contribution < -0.4 is 5.32 Å². The van der Waals surface area contributed by atoms with E-state index in [0.717, 1.165) is 22.3 Å². The number of carbonyl (C=O) groups excluding carboxylic acids is 2. The van der Waals surface area contributed by atoms with Gasteiger partial charge in [-0.25, -0.2) is 4.79 Å². The van der Waals surface area contributed by atoms with Gasteiger partial charge in [0.05, 0.1) is 11.3 Å². The Morgan fingerprint density at radius 2 is 1.71 bits per heavy atom. The van der Waals surface area contributed by atoms with Gasteiger partial charge >= 0.3 is 12.1 Å². The van der Waals surface area contributed by atoms with Gasteiger partial charge in [-0.05, 0) is 41.5 Å². The summed E-state index contributed by atoms with van der Waals surface area (Å²) in [6.07, 6.45) is -0.0183. The van der Waals surface area contributed by atoms with Crippen LogP contribution in [0.2, 0.25) is 0 Å². The molecule has 34 heavy (non-hydrogen) atoms. The molecule has 180 valence electrons. The Kier molecular flexibility index (Phi) is 6.64. The molecule has 0 bridgehead atoms. The molecule has 0 spiro atoms. The van der Waals surface area contributed by atoms with Gasteiger partial charge in [-0.3, -0.25) is 9.59 Å². The van der Waals surface area contributed by atoms with E-state index in [2.05, 4.69) is 29.6 Å². The molecule has 0 radical (unpaired) electrons. The van der Waals surface area contributed by atoms with Crippen molar-refractivity contribution in [1.82, 2.24) is 10.2 Å². The molecule has 2 N–H and O–H groups in total. The molecule has 3 atom stereocenters. The minimum Gasteiger partial charge on any atom is -0.481 e. The van der Waals surface area contributed by atoms with E-state index in [9.17, 15) is 19.5 Å². The van der Waals surface area contributed by atoms with Crippen LogP contribution in [-0.2, 0) is 14.3 Å². The van der Waals surface area contributed by atoms with E-state index in [1.165, 1.54) is 0 Å². The zero-order valence-electron chi connectivity index (χ0n) is 19.9. The summed E-state index contributed by atoms with van der Waals surface area (Å²) in [5, 5.41) is 12.3. The van der Waals surface area contributed by atoms with E-state index in [-0.39, 0.29) is 37.4 Å². The first-order chi connectivity index (χ1) is 16.3. The van der Waals surface area contributed by atoms with Crippen molar-refractivity contribution in [3.63, 3.8) is 0 Å². The molecule has 2 aromatic carbocycles. The lowest BCUT2D eigenvalue weighted by Crippen LogP contribution is -2.42. The van der Waals surface area contributed by atoms with Crippen LogP contribution >= 0.6 is 0 Å². The number of nitrogens with one attached hydrogen (secondary N) is 1. The third-order valence-electron chi connectivity index (χ3n) is 7.58. The Morgan fingerprint density at radius 1 is 1.12 bits per heavy atom. The number of rotatable bonds is 7. The first kappa shape index (κ1) is 23.8. The molecule has 4 rings (SSSR count). The predicted molar refractivity (Wildman–Crippen MR) is 128 cm³/mol. The largest absolute Gasteiger partial charge is 0.481 e. The van der Waals surface area contributed by atoms with Crippen LogP contribution in [-0.4, -0.2) is 54.2 Å². The van der Waals surface area contributed by atoms with E-state index in [1.807, 2.05) is 38.1 Å². The molecule has 1 heterocycles. The molecular formula is C27H32N2O5. The SMILES string of the molecule is CCC(CNC(=O)OCC1c2ccccc2-c2ccccc21)C(=O)N1C[C@@H](C)[C@](C)(C(=O)O)C1. The van der Waals surface area contributed by atoms with Gasteiger partial charge in [0.2, 0.25) is 5.91 Å². The van der Waals surface area contributed by atoms with Crippen molar-refractivity contribution in [2.45, 2.75) is 33.1 Å². The number of nitrogens with zero attached hydrogens (tertiary/aromatic N) is 1. The average molecular weight is 465 g/mol. The Balaban J connectivity index is 1.33. The second-order valence-electron chi connectivity index (χ2n) is 9.65. The van der Waals surface area contributed by atoms with E-state index in [4.69, 9.17) is 4.74 Å². The number of hydrogen-bond acceptors (Lipinski definition) is 4. The number of hydrogen-bond donors (Lipinski definition) is 2. The fraction of sp³-hybridized carbons (Fsp3) is 0.444. The highest BCUT2D eigenvalue weighted by Gasteiger charge is 2.48. The van der Waals surface area contributed by atoms with Crippen molar-refractivity contribution in [2.75, 3.05) is 26.2 Å². The monoisotopic (exact) mass is 464 g/mol. The zero-order chi connectivity index (χ0) is 24.5. The summed E-state index contributed by atoms with van der Waals surface area (Å²) in [5.74, 6) is -1.61. The van der Waals surface area contributed by atoms with Crippen LogP contribution in [0.25, 0.3) is 11.1 Å². The van der Waals surface area contributed by atoms with E-state index in [0.29, 0.717) is 13.0 Å². The van der Waals surface area contributed by atoms with Gasteiger partial charge in [-0.1, -0.05) is 62.4 Å². The van der Waals surface area contributed by atoms with Crippen LogP contribution in [0.1, 0.15) is 44.2 Å². The second-order valence-corrected chi connectivity index (χ2v) is 9.65. The van der Waals surface area contributed by atoms with Gasteiger partial charge < -0.3 is 20.1 Å². The lowest BCUT2D eigenvalue weighted by Gasteiger charge is -2.25. The molecule has 0 aromatic heterocycles. The molecule has 1 aliphatic carbocycles. The Morgan fingerprint density at radius 3 is 2.24 bits per heavy atom. The summed E-state index contributed by atoms with van der Waals surface area (Å²) in [6, 6.07) is 16.3. The Hall–Kier alpha value is -3.35. The lowest BCUT2D eigenvalue weighted by atomic mass is 9.81. The predicted octanol–water partition coefficient (Wildman–Crippen LogP) is 4.12. The molecule has 1 aliphatic heterocycles. The summed E-state index contributed by atoms with van der Waals surface area (Å²) in [4.78, 5) is 38.8. The van der Waals surface area contributed by atoms with Gasteiger partial charge in [0.25, 0.3) is 0 Å². The topological polar surface area (TPSA) is 95.9 Å². The number of aliphatic carboxylic acids is 1. The third kappa shape index (κ3) is 4.27. The maximum Gasteiger partial charge on any atom is 0.407 e. The van der Waals surface area contributed by atoms with Gasteiger partial charge in [0.15, 0.2) is 0 Å². The van der Waals surface area contributed by atoms with Crippen LogP contribution in [0.4, 0.5) is 4.79 Å². The second kappa shape index (κ2) is 9.49. The van der Waals surface area contributed by atoms with Crippen LogP contribution in [0.5, 0.6) is 0 Å². The number of benzene rings is 2. The number of carbonyl (C=O) groups is 3. The van der Waals surface area contributed by atoms with E-state index < -0.39 is 23.4 Å². The van der Waals surface area contributed by atoms with Crippen molar-refractivity contribution < 1.29 is 24.2 Å². The lowest BCUT2D eigenvalue weighted by molar-refractivity contribution is -0.149. The van der Waals surface area contributed by atoms with Crippen LogP contribution in [0.15, 0.2) is 48.5 Å². The minimum atomic E-state index is -0.950. The number of alkyl carbamates (subject to hydrolysis) is 1. The molecule has 2 aliphatic rings. The van der Waals surface area contributed by atoms with Gasteiger partial charge in [-0.2, -0.15) is 0 Å².